The lowest BCUT2D eigenvalue weighted by atomic mass is 9.94. The van der Waals surface area contributed by atoms with Crippen LogP contribution >= 0.6 is 0 Å². The third-order valence-electron chi connectivity index (χ3n) is 6.39. The van der Waals surface area contributed by atoms with Crippen molar-refractivity contribution in [3.8, 4) is 0 Å². The fourth-order valence-corrected chi connectivity index (χ4v) is 5.19. The van der Waals surface area contributed by atoms with Gasteiger partial charge in [0.1, 0.15) is 24.4 Å². The van der Waals surface area contributed by atoms with Gasteiger partial charge in [-0.1, -0.05) is 12.8 Å². The van der Waals surface area contributed by atoms with E-state index in [1.807, 2.05) is 0 Å². The first kappa shape index (κ1) is 16.0. The van der Waals surface area contributed by atoms with Crippen molar-refractivity contribution < 1.29 is 28.8 Å². The van der Waals surface area contributed by atoms with Crippen molar-refractivity contribution >= 4 is 0 Å². The van der Waals surface area contributed by atoms with Gasteiger partial charge in [0.25, 0.3) is 0 Å². The summed E-state index contributed by atoms with van der Waals surface area (Å²) in [6.45, 7) is -0.0831. The fourth-order valence-electron chi connectivity index (χ4n) is 5.19. The van der Waals surface area contributed by atoms with Gasteiger partial charge in [-0.15, -0.1) is 0 Å². The molecule has 3 heterocycles. The van der Waals surface area contributed by atoms with Crippen molar-refractivity contribution in [1.29, 1.82) is 0 Å². The summed E-state index contributed by atoms with van der Waals surface area (Å²) in [6, 6.07) is 0. The van der Waals surface area contributed by atoms with Gasteiger partial charge < -0.3 is 28.8 Å². The molecule has 3 saturated heterocycles. The zero-order chi connectivity index (χ0) is 16.2. The van der Waals surface area contributed by atoms with Gasteiger partial charge >= 0.3 is 0 Å². The van der Waals surface area contributed by atoms with Crippen molar-refractivity contribution in [3.63, 3.8) is 0 Å². The van der Waals surface area contributed by atoms with Gasteiger partial charge in [0, 0.05) is 25.7 Å². The minimum Gasteiger partial charge on any atom is -0.394 e. The van der Waals surface area contributed by atoms with Gasteiger partial charge in [-0.05, 0) is 25.7 Å². The maximum Gasteiger partial charge on any atom is 0.190 e. The molecule has 0 amide bonds. The second-order valence-corrected chi connectivity index (χ2v) is 8.03. The molecule has 136 valence electrons. The van der Waals surface area contributed by atoms with Crippen LogP contribution in [0.1, 0.15) is 64.2 Å². The van der Waals surface area contributed by atoms with Crippen molar-refractivity contribution in [2.24, 2.45) is 0 Å². The van der Waals surface area contributed by atoms with E-state index in [1.165, 1.54) is 12.8 Å². The monoisotopic (exact) mass is 340 g/mol. The molecule has 1 N–H and O–H groups in total. The fraction of sp³-hybridized carbons (Fsp3) is 1.00. The summed E-state index contributed by atoms with van der Waals surface area (Å²) >= 11 is 0. The van der Waals surface area contributed by atoms with E-state index in [0.717, 1.165) is 51.4 Å². The second-order valence-electron chi connectivity index (χ2n) is 8.03. The molecule has 2 aliphatic carbocycles. The standard InChI is InChI=1S/C18H28O6/c19-11-12-13-14(22-17(21-13)7-3-1-4-8-17)15-16(20-12)24-18(23-15)9-5-2-6-10-18/h12-16,19H,1-11H2/t12-,13+,14+,15-,16-/m1/s1. The van der Waals surface area contributed by atoms with Crippen molar-refractivity contribution in [2.75, 3.05) is 6.61 Å². The Kier molecular flexibility index (Phi) is 3.92. The molecule has 0 aromatic heterocycles. The molecule has 5 rings (SSSR count). The Labute approximate surface area is 142 Å². The number of hydrogen-bond acceptors (Lipinski definition) is 6. The van der Waals surface area contributed by atoms with E-state index in [-0.39, 0.29) is 24.9 Å². The lowest BCUT2D eigenvalue weighted by Crippen LogP contribution is -2.56. The van der Waals surface area contributed by atoms with Gasteiger partial charge in [-0.2, -0.15) is 0 Å². The zero-order valence-electron chi connectivity index (χ0n) is 14.2. The van der Waals surface area contributed by atoms with Crippen LogP contribution in [-0.4, -0.2) is 54.0 Å². The molecule has 0 aromatic carbocycles. The first-order valence-electron chi connectivity index (χ1n) is 9.70. The molecule has 0 bridgehead atoms. The van der Waals surface area contributed by atoms with Crippen LogP contribution in [0.4, 0.5) is 0 Å². The maximum atomic E-state index is 9.79. The Morgan fingerprint density at radius 2 is 1.21 bits per heavy atom. The van der Waals surface area contributed by atoms with Crippen LogP contribution in [0.2, 0.25) is 0 Å². The van der Waals surface area contributed by atoms with E-state index in [0.29, 0.717) is 0 Å². The molecule has 5 atom stereocenters. The van der Waals surface area contributed by atoms with Gasteiger partial charge in [0.2, 0.25) is 0 Å². The molecule has 2 saturated carbocycles. The summed E-state index contributed by atoms with van der Waals surface area (Å²) in [4.78, 5) is 0. The van der Waals surface area contributed by atoms with Gasteiger partial charge in [-0.3, -0.25) is 0 Å². The van der Waals surface area contributed by atoms with E-state index in [9.17, 15) is 5.11 Å². The Balaban J connectivity index is 1.40. The molecular weight excluding hydrogens is 312 g/mol. The zero-order valence-corrected chi connectivity index (χ0v) is 14.2. The van der Waals surface area contributed by atoms with Crippen LogP contribution in [-0.2, 0) is 23.7 Å². The molecule has 6 heteroatoms. The summed E-state index contributed by atoms with van der Waals surface area (Å²) < 4.78 is 31.4. The molecule has 5 fully saturated rings. The van der Waals surface area contributed by atoms with Crippen LogP contribution in [0.15, 0.2) is 0 Å². The minimum atomic E-state index is -0.520. The number of aliphatic hydroxyl groups is 1. The lowest BCUT2D eigenvalue weighted by molar-refractivity contribution is -0.254. The van der Waals surface area contributed by atoms with Crippen LogP contribution in [0.3, 0.4) is 0 Å². The molecule has 6 nitrogen and oxygen atoms in total. The molecule has 3 aliphatic heterocycles. The van der Waals surface area contributed by atoms with Gasteiger partial charge in [0.05, 0.1) is 6.61 Å². The Morgan fingerprint density at radius 3 is 1.83 bits per heavy atom. The first-order valence-corrected chi connectivity index (χ1v) is 9.70. The molecule has 2 spiro atoms. The number of aliphatic hydroxyl groups excluding tert-OH is 1. The number of ether oxygens (including phenoxy) is 5. The third-order valence-corrected chi connectivity index (χ3v) is 6.39. The molecule has 0 unspecified atom stereocenters. The quantitative estimate of drug-likeness (QED) is 0.789. The molecule has 0 radical (unpaired) electrons. The SMILES string of the molecule is OC[C@H]1O[C@@H]2OC3(CCCCC3)O[C@@H]2[C@H]2OC3(CCCCC3)O[C@H]21. The highest BCUT2D eigenvalue weighted by molar-refractivity contribution is 5.02. The van der Waals surface area contributed by atoms with Crippen LogP contribution in [0, 0.1) is 0 Å². The average Bonchev–Trinajstić information content (AvgIpc) is 3.14. The Morgan fingerprint density at radius 1 is 0.667 bits per heavy atom. The van der Waals surface area contributed by atoms with Crippen LogP contribution in [0.5, 0.6) is 0 Å². The van der Waals surface area contributed by atoms with E-state index in [2.05, 4.69) is 0 Å². The van der Waals surface area contributed by atoms with Crippen molar-refractivity contribution in [2.45, 2.75) is 106 Å². The molecule has 0 aromatic rings. The largest absolute Gasteiger partial charge is 0.394 e. The summed E-state index contributed by atoms with van der Waals surface area (Å²) in [7, 11) is 0. The first-order chi connectivity index (χ1) is 11.7. The third kappa shape index (κ3) is 2.46. The second kappa shape index (κ2) is 5.89. The summed E-state index contributed by atoms with van der Waals surface area (Å²) in [5, 5.41) is 9.79. The van der Waals surface area contributed by atoms with Crippen LogP contribution < -0.4 is 0 Å². The highest BCUT2D eigenvalue weighted by atomic mass is 16.9. The normalized spacial score (nSPS) is 46.1. The van der Waals surface area contributed by atoms with Crippen molar-refractivity contribution in [3.05, 3.63) is 0 Å². The lowest BCUT2D eigenvalue weighted by Gasteiger charge is -2.36. The number of hydrogen-bond donors (Lipinski definition) is 1. The van der Waals surface area contributed by atoms with E-state index in [1.54, 1.807) is 0 Å². The minimum absolute atomic E-state index is 0.0831. The highest BCUT2D eigenvalue weighted by Crippen LogP contribution is 2.50. The summed E-state index contributed by atoms with van der Waals surface area (Å²) in [6.07, 6.45) is 9.04. The van der Waals surface area contributed by atoms with Gasteiger partial charge in [0.15, 0.2) is 17.9 Å². The van der Waals surface area contributed by atoms with Crippen LogP contribution in [0.25, 0.3) is 0 Å². The number of fused-ring (bicyclic) bond motifs is 3. The topological polar surface area (TPSA) is 66.4 Å². The molecule has 5 aliphatic rings. The summed E-state index contributed by atoms with van der Waals surface area (Å²) in [5.74, 6) is -1.03. The predicted octanol–water partition coefficient (Wildman–Crippen LogP) is 2.22. The van der Waals surface area contributed by atoms with E-state index in [4.69, 9.17) is 23.7 Å². The summed E-state index contributed by atoms with van der Waals surface area (Å²) in [5.41, 5.74) is 0. The smallest absolute Gasteiger partial charge is 0.190 e. The predicted molar refractivity (Wildman–Crippen MR) is 83.1 cm³/mol. The molecule has 24 heavy (non-hydrogen) atoms. The van der Waals surface area contributed by atoms with Gasteiger partial charge in [-0.25, -0.2) is 0 Å². The average molecular weight is 340 g/mol. The Hall–Kier alpha value is -0.240. The molecular formula is C18H28O6. The van der Waals surface area contributed by atoms with Crippen molar-refractivity contribution in [1.82, 2.24) is 0 Å². The van der Waals surface area contributed by atoms with E-state index < -0.39 is 24.0 Å². The Bertz CT molecular complexity index is 470. The van der Waals surface area contributed by atoms with E-state index >= 15 is 0 Å². The maximum absolute atomic E-state index is 9.79. The highest BCUT2D eigenvalue weighted by Gasteiger charge is 2.63. The number of rotatable bonds is 1.